The summed E-state index contributed by atoms with van der Waals surface area (Å²) in [4.78, 5) is 0. The normalized spacial score (nSPS) is 11.5. The summed E-state index contributed by atoms with van der Waals surface area (Å²) in [5.41, 5.74) is 0.962. The van der Waals surface area contributed by atoms with Gasteiger partial charge in [0.1, 0.15) is 0 Å². The maximum Gasteiger partial charge on any atom is 0.487 e. The second-order valence-electron chi connectivity index (χ2n) is 2.57. The summed E-state index contributed by atoms with van der Waals surface area (Å²) in [6, 6.07) is 0. The number of rotatable bonds is 6. The summed E-state index contributed by atoms with van der Waals surface area (Å²) in [5, 5.41) is 0. The molecule has 13 heavy (non-hydrogen) atoms. The van der Waals surface area contributed by atoms with Crippen LogP contribution in [0.25, 0.3) is 0 Å². The van der Waals surface area contributed by atoms with Gasteiger partial charge in [-0.05, 0) is 32.3 Å². The van der Waals surface area contributed by atoms with Gasteiger partial charge in [0.05, 0.1) is 0 Å². The van der Waals surface area contributed by atoms with Gasteiger partial charge in [0.15, 0.2) is 0 Å². The molecule has 4 heteroatoms. The zero-order chi connectivity index (χ0) is 10.3. The summed E-state index contributed by atoms with van der Waals surface area (Å²) in [6.45, 7) is 10.9. The van der Waals surface area contributed by atoms with E-state index in [0.29, 0.717) is 13.2 Å². The molecule has 0 aromatic carbocycles. The van der Waals surface area contributed by atoms with Crippen LogP contribution in [-0.4, -0.2) is 20.3 Å². The highest BCUT2D eigenvalue weighted by molar-refractivity contribution is 9.12. The van der Waals surface area contributed by atoms with Crippen molar-refractivity contribution in [3.05, 3.63) is 22.6 Å². The van der Waals surface area contributed by atoms with Crippen LogP contribution >= 0.6 is 15.9 Å². The van der Waals surface area contributed by atoms with Crippen molar-refractivity contribution in [2.24, 2.45) is 0 Å². The van der Waals surface area contributed by atoms with E-state index in [-0.39, 0.29) is 7.12 Å². The minimum absolute atomic E-state index is 0.277. The molecule has 0 bridgehead atoms. The average Bonchev–Trinajstić information content (AvgIpc) is 2.05. The van der Waals surface area contributed by atoms with Crippen molar-refractivity contribution in [3.63, 3.8) is 0 Å². The molecule has 0 radical (unpaired) electrons. The lowest BCUT2D eigenvalue weighted by Gasteiger charge is -2.08. The van der Waals surface area contributed by atoms with Gasteiger partial charge in [0.25, 0.3) is 0 Å². The molecule has 0 saturated heterocycles. The van der Waals surface area contributed by atoms with Crippen molar-refractivity contribution < 1.29 is 9.31 Å². The monoisotopic (exact) mass is 246 g/mol. The molecule has 0 saturated carbocycles. The van der Waals surface area contributed by atoms with Crippen LogP contribution in [0.3, 0.4) is 0 Å². The van der Waals surface area contributed by atoms with Crippen molar-refractivity contribution in [3.8, 4) is 0 Å². The maximum atomic E-state index is 5.33. The van der Waals surface area contributed by atoms with Gasteiger partial charge in [0.2, 0.25) is 0 Å². The standard InChI is InChI=1S/C9H16BBrO2/c1-5-12-10(13-6-2)7-9(11)8(3)4/h7H,3,5-6H2,1-2,4H3/b9-7-. The molecule has 0 N–H and O–H groups in total. The quantitative estimate of drug-likeness (QED) is 0.530. The van der Waals surface area contributed by atoms with Gasteiger partial charge < -0.3 is 9.31 Å². The molecular formula is C9H16BBrO2. The molecule has 0 amide bonds. The molecule has 74 valence electrons. The summed E-state index contributed by atoms with van der Waals surface area (Å²) in [7, 11) is -0.277. The molecule has 0 aliphatic rings. The van der Waals surface area contributed by atoms with E-state index >= 15 is 0 Å². The Morgan fingerprint density at radius 1 is 1.38 bits per heavy atom. The Kier molecular flexibility index (Phi) is 7.33. The Labute approximate surface area is 89.3 Å². The van der Waals surface area contributed by atoms with Gasteiger partial charge in [-0.3, -0.25) is 0 Å². The molecular weight excluding hydrogens is 231 g/mol. The van der Waals surface area contributed by atoms with Crippen LogP contribution in [0, 0.1) is 0 Å². The van der Waals surface area contributed by atoms with E-state index in [1.807, 2.05) is 26.7 Å². The Morgan fingerprint density at radius 2 is 1.85 bits per heavy atom. The number of hydrogen-bond acceptors (Lipinski definition) is 2. The molecule has 0 atom stereocenters. The van der Waals surface area contributed by atoms with Gasteiger partial charge in [-0.2, -0.15) is 0 Å². The Bertz CT molecular complexity index is 186. The third kappa shape index (κ3) is 6.08. The predicted octanol–water partition coefficient (Wildman–Crippen LogP) is 2.94. The van der Waals surface area contributed by atoms with Crippen LogP contribution in [0.15, 0.2) is 22.6 Å². The fraction of sp³-hybridized carbons (Fsp3) is 0.556. The Hall–Kier alpha value is -0.0551. The second kappa shape index (κ2) is 7.36. The third-order valence-electron chi connectivity index (χ3n) is 1.35. The van der Waals surface area contributed by atoms with E-state index in [9.17, 15) is 0 Å². The minimum Gasteiger partial charge on any atom is -0.408 e. The maximum absolute atomic E-state index is 5.33. The third-order valence-corrected chi connectivity index (χ3v) is 2.29. The van der Waals surface area contributed by atoms with Crippen molar-refractivity contribution >= 4 is 23.0 Å². The van der Waals surface area contributed by atoms with Crippen LogP contribution in [-0.2, 0) is 9.31 Å². The minimum atomic E-state index is -0.277. The summed E-state index contributed by atoms with van der Waals surface area (Å²) in [5.74, 6) is 1.87. The predicted molar refractivity (Wildman–Crippen MR) is 60.8 cm³/mol. The van der Waals surface area contributed by atoms with Gasteiger partial charge in [-0.25, -0.2) is 0 Å². The van der Waals surface area contributed by atoms with E-state index in [4.69, 9.17) is 9.31 Å². The molecule has 0 heterocycles. The van der Waals surface area contributed by atoms with E-state index in [0.717, 1.165) is 10.1 Å². The molecule has 0 fully saturated rings. The first-order chi connectivity index (χ1) is 6.11. The highest BCUT2D eigenvalue weighted by atomic mass is 79.9. The fourth-order valence-electron chi connectivity index (χ4n) is 0.735. The molecule has 0 aromatic heterocycles. The largest absolute Gasteiger partial charge is 0.487 e. The lowest BCUT2D eigenvalue weighted by molar-refractivity contribution is 0.224. The molecule has 0 unspecified atom stereocenters. The molecule has 0 aromatic rings. The topological polar surface area (TPSA) is 18.5 Å². The molecule has 0 rings (SSSR count). The van der Waals surface area contributed by atoms with Gasteiger partial charge in [-0.1, -0.05) is 22.5 Å². The van der Waals surface area contributed by atoms with E-state index < -0.39 is 0 Å². The summed E-state index contributed by atoms with van der Waals surface area (Å²) < 4.78 is 11.6. The van der Waals surface area contributed by atoms with E-state index in [1.165, 1.54) is 0 Å². The van der Waals surface area contributed by atoms with Crippen molar-refractivity contribution in [1.82, 2.24) is 0 Å². The first kappa shape index (κ1) is 12.9. The lowest BCUT2D eigenvalue weighted by Crippen LogP contribution is -2.21. The van der Waals surface area contributed by atoms with Crippen LogP contribution in [0.5, 0.6) is 0 Å². The fourth-order valence-corrected chi connectivity index (χ4v) is 0.950. The van der Waals surface area contributed by atoms with Crippen LogP contribution in [0.4, 0.5) is 0 Å². The van der Waals surface area contributed by atoms with Crippen molar-refractivity contribution in [2.75, 3.05) is 13.2 Å². The zero-order valence-corrected chi connectivity index (χ0v) is 10.1. The number of halogens is 1. The average molecular weight is 247 g/mol. The highest BCUT2D eigenvalue weighted by Gasteiger charge is 2.13. The number of allylic oxidation sites excluding steroid dienone is 2. The Morgan fingerprint density at radius 3 is 2.15 bits per heavy atom. The van der Waals surface area contributed by atoms with Gasteiger partial charge >= 0.3 is 7.12 Å². The number of hydrogen-bond donors (Lipinski definition) is 0. The molecule has 2 nitrogen and oxygen atoms in total. The second-order valence-corrected chi connectivity index (χ2v) is 3.43. The molecule has 0 aliphatic carbocycles. The van der Waals surface area contributed by atoms with Crippen molar-refractivity contribution in [1.29, 1.82) is 0 Å². The van der Waals surface area contributed by atoms with E-state index in [1.54, 1.807) is 0 Å². The Balaban J connectivity index is 4.20. The molecule has 0 spiro atoms. The van der Waals surface area contributed by atoms with E-state index in [2.05, 4.69) is 22.5 Å². The van der Waals surface area contributed by atoms with Crippen LogP contribution in [0.1, 0.15) is 20.8 Å². The summed E-state index contributed by atoms with van der Waals surface area (Å²) in [6.07, 6.45) is 0. The smallest absolute Gasteiger partial charge is 0.408 e. The van der Waals surface area contributed by atoms with Crippen LogP contribution < -0.4 is 0 Å². The zero-order valence-electron chi connectivity index (χ0n) is 8.47. The molecule has 0 aliphatic heterocycles. The lowest BCUT2D eigenvalue weighted by atomic mass is 9.89. The summed E-state index contributed by atoms with van der Waals surface area (Å²) >= 11 is 3.38. The van der Waals surface area contributed by atoms with Gasteiger partial charge in [-0.15, -0.1) is 0 Å². The first-order valence-corrected chi connectivity index (χ1v) is 5.17. The van der Waals surface area contributed by atoms with Crippen molar-refractivity contribution in [2.45, 2.75) is 20.8 Å². The highest BCUT2D eigenvalue weighted by Crippen LogP contribution is 2.15. The van der Waals surface area contributed by atoms with Crippen LogP contribution in [0.2, 0.25) is 0 Å². The first-order valence-electron chi connectivity index (χ1n) is 4.38. The van der Waals surface area contributed by atoms with Gasteiger partial charge in [0, 0.05) is 17.7 Å². The SMILES string of the molecule is C=C(C)/C(Br)=C/B(OCC)OCC.